The quantitative estimate of drug-likeness (QED) is 0.677. The van der Waals surface area contributed by atoms with Gasteiger partial charge >= 0.3 is 5.97 Å². The lowest BCUT2D eigenvalue weighted by Gasteiger charge is -2.09. The molecule has 4 heteroatoms. The molecule has 0 bridgehead atoms. The van der Waals surface area contributed by atoms with Gasteiger partial charge in [-0.25, -0.2) is 4.79 Å². The lowest BCUT2D eigenvalue weighted by Crippen LogP contribution is -2.00. The van der Waals surface area contributed by atoms with Crippen LogP contribution >= 0.6 is 0 Å². The third-order valence-electron chi connectivity index (χ3n) is 2.70. The Morgan fingerprint density at radius 3 is 2.37 bits per heavy atom. The topological polar surface area (TPSA) is 61.5 Å². The molecule has 0 aliphatic rings. The van der Waals surface area contributed by atoms with Crippen LogP contribution < -0.4 is 10.5 Å². The van der Waals surface area contributed by atoms with Gasteiger partial charge < -0.3 is 15.2 Å². The zero-order chi connectivity index (χ0) is 13.8. The van der Waals surface area contributed by atoms with Crippen molar-refractivity contribution < 1.29 is 14.3 Å². The second kappa shape index (κ2) is 5.44. The molecule has 0 aliphatic carbocycles. The van der Waals surface area contributed by atoms with Gasteiger partial charge in [0.2, 0.25) is 0 Å². The van der Waals surface area contributed by atoms with Crippen LogP contribution in [0.4, 0.5) is 5.69 Å². The molecular weight excluding hydrogens is 242 g/mol. The molecule has 0 radical (unpaired) electrons. The molecule has 0 aromatic heterocycles. The Bertz CT molecular complexity index is 591. The molecule has 0 amide bonds. The number of nitrogen functional groups attached to an aromatic ring is 1. The van der Waals surface area contributed by atoms with Crippen LogP contribution in [0.15, 0.2) is 42.5 Å². The summed E-state index contributed by atoms with van der Waals surface area (Å²) in [5, 5.41) is 0. The molecule has 2 aromatic rings. The summed E-state index contributed by atoms with van der Waals surface area (Å²) in [4.78, 5) is 11.3. The van der Waals surface area contributed by atoms with E-state index in [0.717, 1.165) is 11.3 Å². The lowest BCUT2D eigenvalue weighted by atomic mass is 10.2. The highest BCUT2D eigenvalue weighted by atomic mass is 16.5. The average molecular weight is 257 g/mol. The number of benzene rings is 2. The van der Waals surface area contributed by atoms with Gasteiger partial charge in [0, 0.05) is 5.69 Å². The maximum atomic E-state index is 11.3. The summed E-state index contributed by atoms with van der Waals surface area (Å²) in [6.07, 6.45) is 0. The molecule has 0 saturated heterocycles. The number of aryl methyl sites for hydroxylation is 1. The second-order valence-electron chi connectivity index (χ2n) is 4.14. The maximum absolute atomic E-state index is 11.3. The Hall–Kier alpha value is -2.49. The molecule has 2 N–H and O–H groups in total. The van der Waals surface area contributed by atoms with Gasteiger partial charge in [-0.1, -0.05) is 0 Å². The van der Waals surface area contributed by atoms with Gasteiger partial charge in [-0.2, -0.15) is 0 Å². The highest BCUT2D eigenvalue weighted by Gasteiger charge is 2.06. The van der Waals surface area contributed by atoms with E-state index in [1.807, 2.05) is 19.1 Å². The summed E-state index contributed by atoms with van der Waals surface area (Å²) >= 11 is 0. The predicted octanol–water partition coefficient (Wildman–Crippen LogP) is 3.16. The van der Waals surface area contributed by atoms with Gasteiger partial charge in [0.1, 0.15) is 11.5 Å². The molecule has 0 saturated carbocycles. The zero-order valence-corrected chi connectivity index (χ0v) is 10.8. The minimum Gasteiger partial charge on any atom is -0.465 e. The number of ether oxygens (including phenoxy) is 2. The number of rotatable bonds is 3. The van der Waals surface area contributed by atoms with E-state index >= 15 is 0 Å². The Morgan fingerprint density at radius 2 is 1.79 bits per heavy atom. The molecule has 0 aliphatic heterocycles. The maximum Gasteiger partial charge on any atom is 0.337 e. The van der Waals surface area contributed by atoms with Crippen LogP contribution in [0.25, 0.3) is 0 Å². The number of carbonyl (C=O) groups is 1. The smallest absolute Gasteiger partial charge is 0.337 e. The van der Waals surface area contributed by atoms with E-state index in [2.05, 4.69) is 4.74 Å². The van der Waals surface area contributed by atoms with Crippen molar-refractivity contribution in [3.63, 3.8) is 0 Å². The number of esters is 1. The van der Waals surface area contributed by atoms with Crippen molar-refractivity contribution >= 4 is 11.7 Å². The van der Waals surface area contributed by atoms with Crippen LogP contribution in [0.2, 0.25) is 0 Å². The van der Waals surface area contributed by atoms with E-state index in [1.54, 1.807) is 30.3 Å². The molecule has 4 nitrogen and oxygen atoms in total. The second-order valence-corrected chi connectivity index (χ2v) is 4.14. The summed E-state index contributed by atoms with van der Waals surface area (Å²) in [7, 11) is 1.35. The summed E-state index contributed by atoms with van der Waals surface area (Å²) < 4.78 is 10.4. The van der Waals surface area contributed by atoms with Crippen LogP contribution in [0, 0.1) is 6.92 Å². The van der Waals surface area contributed by atoms with Crippen molar-refractivity contribution in [2.24, 2.45) is 0 Å². The molecule has 0 spiro atoms. The SMILES string of the molecule is COC(=O)c1ccc(Oc2ccc(N)cc2C)cc1. The van der Waals surface area contributed by atoms with Crippen molar-refractivity contribution in [2.45, 2.75) is 6.92 Å². The van der Waals surface area contributed by atoms with Crippen LogP contribution in [-0.2, 0) is 4.74 Å². The van der Waals surface area contributed by atoms with Crippen LogP contribution in [0.3, 0.4) is 0 Å². The molecule has 2 aromatic carbocycles. The molecule has 0 unspecified atom stereocenters. The monoisotopic (exact) mass is 257 g/mol. The van der Waals surface area contributed by atoms with E-state index in [-0.39, 0.29) is 5.97 Å². The molecule has 98 valence electrons. The van der Waals surface area contributed by atoms with E-state index in [9.17, 15) is 4.79 Å². The zero-order valence-electron chi connectivity index (χ0n) is 10.8. The normalized spacial score (nSPS) is 10.0. The van der Waals surface area contributed by atoms with E-state index in [1.165, 1.54) is 7.11 Å². The van der Waals surface area contributed by atoms with Gasteiger partial charge in [0.25, 0.3) is 0 Å². The van der Waals surface area contributed by atoms with E-state index < -0.39 is 0 Å². The fraction of sp³-hybridized carbons (Fsp3) is 0.133. The standard InChI is InChI=1S/C15H15NO3/c1-10-9-12(16)5-8-14(10)19-13-6-3-11(4-7-13)15(17)18-2/h3-9H,16H2,1-2H3. The van der Waals surface area contributed by atoms with Gasteiger partial charge in [0.15, 0.2) is 0 Å². The van der Waals surface area contributed by atoms with Crippen molar-refractivity contribution in [3.05, 3.63) is 53.6 Å². The van der Waals surface area contributed by atoms with Crippen molar-refractivity contribution in [1.29, 1.82) is 0 Å². The van der Waals surface area contributed by atoms with Crippen molar-refractivity contribution in [1.82, 2.24) is 0 Å². The van der Waals surface area contributed by atoms with E-state index in [0.29, 0.717) is 17.0 Å². The largest absolute Gasteiger partial charge is 0.465 e. The first-order valence-electron chi connectivity index (χ1n) is 5.82. The van der Waals surface area contributed by atoms with Gasteiger partial charge in [-0.05, 0) is 55.0 Å². The summed E-state index contributed by atoms with van der Waals surface area (Å²) in [5.74, 6) is 1.02. The molecule has 19 heavy (non-hydrogen) atoms. The van der Waals surface area contributed by atoms with Crippen LogP contribution in [0.5, 0.6) is 11.5 Å². The average Bonchev–Trinajstić information content (AvgIpc) is 2.42. The number of carbonyl (C=O) groups excluding carboxylic acids is 1. The third-order valence-corrected chi connectivity index (χ3v) is 2.70. The predicted molar refractivity (Wildman–Crippen MR) is 73.4 cm³/mol. The Morgan fingerprint density at radius 1 is 1.11 bits per heavy atom. The Kier molecular flexibility index (Phi) is 3.71. The van der Waals surface area contributed by atoms with Crippen molar-refractivity contribution in [2.75, 3.05) is 12.8 Å². The lowest BCUT2D eigenvalue weighted by molar-refractivity contribution is 0.0600. The van der Waals surface area contributed by atoms with Gasteiger partial charge in [-0.15, -0.1) is 0 Å². The fourth-order valence-electron chi connectivity index (χ4n) is 1.69. The molecular formula is C15H15NO3. The van der Waals surface area contributed by atoms with Crippen LogP contribution in [0.1, 0.15) is 15.9 Å². The number of nitrogens with two attached hydrogens (primary N) is 1. The molecule has 0 heterocycles. The molecule has 0 fully saturated rings. The fourth-order valence-corrected chi connectivity index (χ4v) is 1.69. The number of hydrogen-bond donors (Lipinski definition) is 1. The third kappa shape index (κ3) is 3.04. The van der Waals surface area contributed by atoms with Crippen LogP contribution in [-0.4, -0.2) is 13.1 Å². The van der Waals surface area contributed by atoms with E-state index in [4.69, 9.17) is 10.5 Å². The highest BCUT2D eigenvalue weighted by Crippen LogP contribution is 2.26. The Balaban J connectivity index is 2.17. The first-order valence-corrected chi connectivity index (χ1v) is 5.82. The molecule has 0 atom stereocenters. The number of anilines is 1. The number of hydrogen-bond acceptors (Lipinski definition) is 4. The minimum absolute atomic E-state index is 0.366. The van der Waals surface area contributed by atoms with Gasteiger partial charge in [-0.3, -0.25) is 0 Å². The number of methoxy groups -OCH3 is 1. The first-order chi connectivity index (χ1) is 9.10. The highest BCUT2D eigenvalue weighted by molar-refractivity contribution is 5.89. The minimum atomic E-state index is -0.366. The summed E-state index contributed by atoms with van der Waals surface area (Å²) in [6, 6.07) is 12.2. The summed E-state index contributed by atoms with van der Waals surface area (Å²) in [5.41, 5.74) is 7.83. The molecule has 2 rings (SSSR count). The van der Waals surface area contributed by atoms with Gasteiger partial charge in [0.05, 0.1) is 12.7 Å². The summed E-state index contributed by atoms with van der Waals surface area (Å²) in [6.45, 7) is 1.93. The Labute approximate surface area is 111 Å². The first kappa shape index (κ1) is 13.0. The van der Waals surface area contributed by atoms with Crippen molar-refractivity contribution in [3.8, 4) is 11.5 Å².